The van der Waals surface area contributed by atoms with Crippen molar-refractivity contribution in [1.82, 2.24) is 20.7 Å². The van der Waals surface area contributed by atoms with Crippen LogP contribution < -0.4 is 10.7 Å². The molecule has 4 amide bonds. The van der Waals surface area contributed by atoms with Crippen LogP contribution in [0.3, 0.4) is 0 Å². The van der Waals surface area contributed by atoms with Crippen LogP contribution >= 0.6 is 15.9 Å². The molecule has 0 atom stereocenters. The van der Waals surface area contributed by atoms with Gasteiger partial charge in [-0.1, -0.05) is 6.92 Å². The average molecular weight is 439 g/mol. The summed E-state index contributed by atoms with van der Waals surface area (Å²) in [6.45, 7) is 1.47. The third-order valence-electron chi connectivity index (χ3n) is 4.80. The molecule has 1 saturated heterocycles. The van der Waals surface area contributed by atoms with E-state index in [0.717, 1.165) is 12.8 Å². The first-order chi connectivity index (χ1) is 12.8. The van der Waals surface area contributed by atoms with Crippen LogP contribution in [-0.4, -0.2) is 46.0 Å². The summed E-state index contributed by atoms with van der Waals surface area (Å²) in [5, 5.41) is 3.37. The first kappa shape index (κ1) is 19.3. The number of aromatic nitrogens is 1. The van der Waals surface area contributed by atoms with E-state index in [9.17, 15) is 19.2 Å². The number of imide groups is 1. The number of ether oxygens (including phenoxy) is 1. The molecule has 1 aliphatic heterocycles. The van der Waals surface area contributed by atoms with E-state index in [2.05, 4.69) is 38.6 Å². The first-order valence-corrected chi connectivity index (χ1v) is 9.34. The SMILES string of the molecule is CC1CCC2(CC1)NC(=O)N(NC(=O)COC(=O)c1cncc(Br)c1)C2=O. The second kappa shape index (κ2) is 7.63. The van der Waals surface area contributed by atoms with Gasteiger partial charge in [-0.25, -0.2) is 9.59 Å². The number of carbonyl (C=O) groups is 4. The predicted molar refractivity (Wildman–Crippen MR) is 96.1 cm³/mol. The highest BCUT2D eigenvalue weighted by Gasteiger charge is 2.52. The number of hydrogen-bond donors (Lipinski definition) is 2. The monoisotopic (exact) mass is 438 g/mol. The van der Waals surface area contributed by atoms with Gasteiger partial charge in [-0.3, -0.25) is 20.0 Å². The molecule has 0 bridgehead atoms. The minimum atomic E-state index is -0.949. The highest BCUT2D eigenvalue weighted by Crippen LogP contribution is 2.35. The molecule has 2 heterocycles. The fourth-order valence-corrected chi connectivity index (χ4v) is 3.58. The second-order valence-corrected chi connectivity index (χ2v) is 7.75. The lowest BCUT2D eigenvalue weighted by molar-refractivity contribution is -0.141. The van der Waals surface area contributed by atoms with E-state index in [1.807, 2.05) is 0 Å². The summed E-state index contributed by atoms with van der Waals surface area (Å²) in [6.07, 6.45) is 5.53. The topological polar surface area (TPSA) is 118 Å². The number of rotatable bonds is 4. The van der Waals surface area contributed by atoms with Crippen molar-refractivity contribution in [3.8, 4) is 0 Å². The number of esters is 1. The van der Waals surface area contributed by atoms with Gasteiger partial charge in [-0.05, 0) is 53.6 Å². The quantitative estimate of drug-likeness (QED) is 0.543. The third kappa shape index (κ3) is 4.10. The number of urea groups is 1. The normalized spacial score (nSPS) is 24.7. The molecule has 1 spiro atoms. The number of amides is 4. The van der Waals surface area contributed by atoms with Crippen molar-refractivity contribution >= 4 is 39.7 Å². The van der Waals surface area contributed by atoms with Crippen LogP contribution in [0.25, 0.3) is 0 Å². The van der Waals surface area contributed by atoms with Crippen LogP contribution in [0.5, 0.6) is 0 Å². The Hall–Kier alpha value is -2.49. The van der Waals surface area contributed by atoms with Crippen LogP contribution in [0.1, 0.15) is 43.0 Å². The molecule has 1 aromatic rings. The molecule has 1 saturated carbocycles. The summed E-state index contributed by atoms with van der Waals surface area (Å²) in [6, 6.07) is 0.823. The number of pyridine rings is 1. The maximum atomic E-state index is 12.6. The highest BCUT2D eigenvalue weighted by molar-refractivity contribution is 9.10. The number of halogens is 1. The predicted octanol–water partition coefficient (Wildman–Crippen LogP) is 1.53. The standard InChI is InChI=1S/C17H19BrN4O5/c1-10-2-4-17(5-3-10)15(25)22(16(26)20-17)21-13(23)9-27-14(24)11-6-12(18)8-19-7-11/h6-8,10H,2-5,9H2,1H3,(H,20,26)(H,21,23). The van der Waals surface area contributed by atoms with Crippen LogP contribution in [0.4, 0.5) is 4.79 Å². The van der Waals surface area contributed by atoms with Crippen LogP contribution in [-0.2, 0) is 14.3 Å². The molecule has 144 valence electrons. The van der Waals surface area contributed by atoms with E-state index in [0.29, 0.717) is 28.2 Å². The molecular formula is C17H19BrN4O5. The van der Waals surface area contributed by atoms with Gasteiger partial charge in [0.05, 0.1) is 5.56 Å². The molecule has 0 unspecified atom stereocenters. The van der Waals surface area contributed by atoms with Crippen molar-refractivity contribution < 1.29 is 23.9 Å². The smallest absolute Gasteiger partial charge is 0.344 e. The number of carbonyl (C=O) groups excluding carboxylic acids is 4. The lowest BCUT2D eigenvalue weighted by Gasteiger charge is -2.33. The lowest BCUT2D eigenvalue weighted by atomic mass is 9.77. The van der Waals surface area contributed by atoms with E-state index < -0.39 is 36.0 Å². The Kier molecular flexibility index (Phi) is 5.45. The molecule has 10 heteroatoms. The summed E-state index contributed by atoms with van der Waals surface area (Å²) in [5.41, 5.74) is 1.43. The van der Waals surface area contributed by atoms with Gasteiger partial charge in [0, 0.05) is 16.9 Å². The van der Waals surface area contributed by atoms with E-state index in [1.165, 1.54) is 18.5 Å². The molecule has 1 aromatic heterocycles. The largest absolute Gasteiger partial charge is 0.452 e. The molecule has 2 aliphatic rings. The summed E-state index contributed by atoms with van der Waals surface area (Å²) >= 11 is 3.18. The Morgan fingerprint density at radius 2 is 2.07 bits per heavy atom. The van der Waals surface area contributed by atoms with Crippen molar-refractivity contribution in [2.24, 2.45) is 5.92 Å². The molecular weight excluding hydrogens is 420 g/mol. The lowest BCUT2D eigenvalue weighted by Crippen LogP contribution is -2.52. The summed E-state index contributed by atoms with van der Waals surface area (Å²) in [5.74, 6) is -1.50. The summed E-state index contributed by atoms with van der Waals surface area (Å²) < 4.78 is 5.49. The maximum Gasteiger partial charge on any atom is 0.344 e. The van der Waals surface area contributed by atoms with Crippen LogP contribution in [0, 0.1) is 5.92 Å². The minimum Gasteiger partial charge on any atom is -0.452 e. The van der Waals surface area contributed by atoms with Gasteiger partial charge in [0.1, 0.15) is 5.54 Å². The van der Waals surface area contributed by atoms with E-state index in [1.54, 1.807) is 0 Å². The molecule has 3 rings (SSSR count). The number of hydrazine groups is 1. The van der Waals surface area contributed by atoms with Crippen molar-refractivity contribution in [1.29, 1.82) is 0 Å². The zero-order chi connectivity index (χ0) is 19.6. The Morgan fingerprint density at radius 1 is 1.37 bits per heavy atom. The van der Waals surface area contributed by atoms with E-state index in [4.69, 9.17) is 4.74 Å². The Morgan fingerprint density at radius 3 is 2.74 bits per heavy atom. The molecule has 9 nitrogen and oxygen atoms in total. The third-order valence-corrected chi connectivity index (χ3v) is 5.23. The van der Waals surface area contributed by atoms with Gasteiger partial charge in [0.2, 0.25) is 0 Å². The van der Waals surface area contributed by atoms with Crippen molar-refractivity contribution in [2.75, 3.05) is 6.61 Å². The minimum absolute atomic E-state index is 0.169. The molecule has 27 heavy (non-hydrogen) atoms. The zero-order valence-electron chi connectivity index (χ0n) is 14.7. The van der Waals surface area contributed by atoms with Gasteiger partial charge in [-0.15, -0.1) is 0 Å². The van der Waals surface area contributed by atoms with Crippen molar-refractivity contribution in [3.63, 3.8) is 0 Å². The second-order valence-electron chi connectivity index (χ2n) is 6.84. The van der Waals surface area contributed by atoms with Crippen molar-refractivity contribution in [3.05, 3.63) is 28.5 Å². The molecule has 0 radical (unpaired) electrons. The molecule has 0 aromatic carbocycles. The Labute approximate surface area is 163 Å². The van der Waals surface area contributed by atoms with Gasteiger partial charge in [-0.2, -0.15) is 5.01 Å². The van der Waals surface area contributed by atoms with Gasteiger partial charge in [0.15, 0.2) is 6.61 Å². The van der Waals surface area contributed by atoms with Gasteiger partial charge >= 0.3 is 12.0 Å². The fraction of sp³-hybridized carbons (Fsp3) is 0.471. The number of hydrogen-bond acceptors (Lipinski definition) is 6. The van der Waals surface area contributed by atoms with E-state index >= 15 is 0 Å². The average Bonchev–Trinajstić information content (AvgIpc) is 2.86. The van der Waals surface area contributed by atoms with Gasteiger partial charge < -0.3 is 10.1 Å². The Bertz CT molecular complexity index is 791. The molecule has 2 fully saturated rings. The molecule has 1 aliphatic carbocycles. The summed E-state index contributed by atoms with van der Waals surface area (Å²) in [4.78, 5) is 52.6. The summed E-state index contributed by atoms with van der Waals surface area (Å²) in [7, 11) is 0. The van der Waals surface area contributed by atoms with Crippen LogP contribution in [0.15, 0.2) is 22.9 Å². The maximum absolute atomic E-state index is 12.6. The van der Waals surface area contributed by atoms with E-state index in [-0.39, 0.29) is 5.56 Å². The highest BCUT2D eigenvalue weighted by atomic mass is 79.9. The number of nitrogens with zero attached hydrogens (tertiary/aromatic N) is 2. The fourth-order valence-electron chi connectivity index (χ4n) is 3.21. The van der Waals surface area contributed by atoms with Crippen molar-refractivity contribution in [2.45, 2.75) is 38.1 Å². The van der Waals surface area contributed by atoms with Gasteiger partial charge in [0.25, 0.3) is 11.8 Å². The molecule has 2 N–H and O–H groups in total. The number of nitrogens with one attached hydrogen (secondary N) is 2. The zero-order valence-corrected chi connectivity index (χ0v) is 16.2. The first-order valence-electron chi connectivity index (χ1n) is 8.54. The Balaban J connectivity index is 1.55. The van der Waals surface area contributed by atoms with Crippen LogP contribution in [0.2, 0.25) is 0 Å².